The topological polar surface area (TPSA) is 64.2 Å². The minimum Gasteiger partial charge on any atom is -0.382 e. The molecule has 1 fully saturated rings. The lowest BCUT2D eigenvalue weighted by atomic mass is 10.1. The first-order valence-electron chi connectivity index (χ1n) is 7.21. The molecule has 6 heteroatoms. The molecule has 0 aliphatic carbocycles. The van der Waals surface area contributed by atoms with Crippen LogP contribution < -0.4 is 5.73 Å². The highest BCUT2D eigenvalue weighted by Gasteiger charge is 2.25. The maximum atomic E-state index is 12.5. The lowest BCUT2D eigenvalue weighted by Gasteiger charge is -2.31. The second-order valence-electron chi connectivity index (χ2n) is 5.59. The van der Waals surface area contributed by atoms with Gasteiger partial charge in [-0.3, -0.25) is 9.48 Å². The van der Waals surface area contributed by atoms with Crippen molar-refractivity contribution in [2.24, 2.45) is 0 Å². The Kier molecular flexibility index (Phi) is 3.71. The first-order chi connectivity index (χ1) is 10.0. The van der Waals surface area contributed by atoms with E-state index in [0.717, 1.165) is 30.8 Å². The van der Waals surface area contributed by atoms with Crippen molar-refractivity contribution < 1.29 is 4.79 Å². The molecular formula is C15H20N4OS. The summed E-state index contributed by atoms with van der Waals surface area (Å²) in [4.78, 5) is 16.5. The van der Waals surface area contributed by atoms with Crippen LogP contribution in [0.5, 0.6) is 0 Å². The van der Waals surface area contributed by atoms with E-state index in [1.807, 2.05) is 27.9 Å². The Morgan fingerprint density at radius 1 is 1.38 bits per heavy atom. The summed E-state index contributed by atoms with van der Waals surface area (Å²) < 4.78 is 1.93. The maximum Gasteiger partial charge on any atom is 0.263 e. The Morgan fingerprint density at radius 3 is 2.62 bits per heavy atom. The predicted octanol–water partition coefficient (Wildman–Crippen LogP) is 2.62. The molecule has 1 aliphatic rings. The number of likely N-dealkylation sites (tertiary alicyclic amines) is 1. The number of aryl methyl sites for hydroxylation is 2. The van der Waals surface area contributed by atoms with Gasteiger partial charge in [0.15, 0.2) is 0 Å². The minimum absolute atomic E-state index is 0.162. The van der Waals surface area contributed by atoms with Crippen LogP contribution in [-0.4, -0.2) is 33.7 Å². The smallest absolute Gasteiger partial charge is 0.263 e. The first-order valence-corrected chi connectivity index (χ1v) is 8.03. The summed E-state index contributed by atoms with van der Waals surface area (Å²) in [5.74, 6) is 0.715. The lowest BCUT2D eigenvalue weighted by molar-refractivity contribution is 0.0695. The number of hydrogen-bond donors (Lipinski definition) is 1. The van der Waals surface area contributed by atoms with E-state index in [-0.39, 0.29) is 5.91 Å². The summed E-state index contributed by atoms with van der Waals surface area (Å²) in [6, 6.07) is 4.16. The molecule has 1 amide bonds. The number of nitrogen functional groups attached to an aromatic ring is 1. The van der Waals surface area contributed by atoms with Crippen LogP contribution in [0.1, 0.15) is 39.0 Å². The summed E-state index contributed by atoms with van der Waals surface area (Å²) in [5, 5.41) is 4.27. The van der Waals surface area contributed by atoms with Gasteiger partial charge in [-0.25, -0.2) is 0 Å². The van der Waals surface area contributed by atoms with Gasteiger partial charge in [0.25, 0.3) is 5.91 Å². The lowest BCUT2D eigenvalue weighted by Crippen LogP contribution is -2.38. The van der Waals surface area contributed by atoms with Crippen LogP contribution in [0, 0.1) is 13.8 Å². The van der Waals surface area contributed by atoms with Gasteiger partial charge in [0.1, 0.15) is 5.82 Å². The third kappa shape index (κ3) is 2.81. The Morgan fingerprint density at radius 2 is 2.10 bits per heavy atom. The number of thiophene rings is 1. The van der Waals surface area contributed by atoms with Crippen LogP contribution >= 0.6 is 11.3 Å². The standard InChI is InChI=1S/C15H20N4OS/c1-10-9-13(21-11(10)2)15(20)18-6-3-12(4-7-18)19-8-5-14(16)17-19/h5,8-9,12H,3-4,6-7H2,1-2H3,(H2,16,17). The van der Waals surface area contributed by atoms with Crippen LogP contribution in [0.2, 0.25) is 0 Å². The molecule has 0 bridgehead atoms. The molecule has 5 nitrogen and oxygen atoms in total. The number of piperidine rings is 1. The van der Waals surface area contributed by atoms with Gasteiger partial charge in [0.05, 0.1) is 10.9 Å². The van der Waals surface area contributed by atoms with Crippen LogP contribution in [0.25, 0.3) is 0 Å². The molecule has 0 unspecified atom stereocenters. The van der Waals surface area contributed by atoms with Crippen molar-refractivity contribution in [1.82, 2.24) is 14.7 Å². The first kappa shape index (κ1) is 14.1. The summed E-state index contributed by atoms with van der Waals surface area (Å²) >= 11 is 1.59. The van der Waals surface area contributed by atoms with Gasteiger partial charge in [0, 0.05) is 24.2 Å². The third-order valence-electron chi connectivity index (χ3n) is 4.13. The van der Waals surface area contributed by atoms with E-state index < -0.39 is 0 Å². The SMILES string of the molecule is Cc1cc(C(=O)N2CCC(n3ccc(N)n3)CC2)sc1C. The number of anilines is 1. The number of aromatic nitrogens is 2. The molecule has 0 atom stereocenters. The van der Waals surface area contributed by atoms with Crippen molar-refractivity contribution in [1.29, 1.82) is 0 Å². The molecule has 3 rings (SSSR count). The van der Waals surface area contributed by atoms with Gasteiger partial charge in [0.2, 0.25) is 0 Å². The second-order valence-corrected chi connectivity index (χ2v) is 6.85. The molecule has 112 valence electrons. The highest BCUT2D eigenvalue weighted by molar-refractivity contribution is 7.14. The summed E-state index contributed by atoms with van der Waals surface area (Å²) in [6.45, 7) is 5.67. The summed E-state index contributed by atoms with van der Waals surface area (Å²) in [7, 11) is 0. The van der Waals surface area contributed by atoms with Gasteiger partial charge >= 0.3 is 0 Å². The van der Waals surface area contributed by atoms with Gasteiger partial charge in [-0.05, 0) is 44.4 Å². The molecule has 0 spiro atoms. The molecule has 3 heterocycles. The molecular weight excluding hydrogens is 284 g/mol. The van der Waals surface area contributed by atoms with Crippen molar-refractivity contribution in [3.63, 3.8) is 0 Å². The quantitative estimate of drug-likeness (QED) is 0.927. The number of nitrogens with zero attached hydrogens (tertiary/aromatic N) is 3. The average molecular weight is 304 g/mol. The largest absolute Gasteiger partial charge is 0.382 e. The molecule has 2 aromatic heterocycles. The van der Waals surface area contributed by atoms with Crippen molar-refractivity contribution >= 4 is 23.1 Å². The Balaban J connectivity index is 1.64. The van der Waals surface area contributed by atoms with Gasteiger partial charge in [-0.2, -0.15) is 5.10 Å². The molecule has 0 saturated carbocycles. The van der Waals surface area contributed by atoms with Crippen molar-refractivity contribution in [3.8, 4) is 0 Å². The van der Waals surface area contributed by atoms with E-state index in [4.69, 9.17) is 5.73 Å². The summed E-state index contributed by atoms with van der Waals surface area (Å²) in [6.07, 6.45) is 3.77. The van der Waals surface area contributed by atoms with E-state index in [1.165, 1.54) is 10.4 Å². The van der Waals surface area contributed by atoms with Crippen LogP contribution in [0.3, 0.4) is 0 Å². The van der Waals surface area contributed by atoms with E-state index in [1.54, 1.807) is 11.3 Å². The fraction of sp³-hybridized carbons (Fsp3) is 0.467. The number of rotatable bonds is 2. The monoisotopic (exact) mass is 304 g/mol. The van der Waals surface area contributed by atoms with Gasteiger partial charge in [-0.1, -0.05) is 0 Å². The highest BCUT2D eigenvalue weighted by Crippen LogP contribution is 2.26. The fourth-order valence-electron chi connectivity index (χ4n) is 2.72. The zero-order valence-corrected chi connectivity index (χ0v) is 13.2. The highest BCUT2D eigenvalue weighted by atomic mass is 32.1. The number of carbonyl (C=O) groups is 1. The van der Waals surface area contributed by atoms with Gasteiger partial charge in [-0.15, -0.1) is 11.3 Å². The normalized spacial score (nSPS) is 16.4. The average Bonchev–Trinajstić information content (AvgIpc) is 3.05. The number of carbonyl (C=O) groups excluding carboxylic acids is 1. The second kappa shape index (κ2) is 5.52. The third-order valence-corrected chi connectivity index (χ3v) is 5.27. The molecule has 1 saturated heterocycles. The number of hydrogen-bond acceptors (Lipinski definition) is 4. The molecule has 2 aromatic rings. The van der Waals surface area contributed by atoms with Crippen LogP contribution in [0.15, 0.2) is 18.3 Å². The van der Waals surface area contributed by atoms with Crippen molar-refractivity contribution in [2.45, 2.75) is 32.7 Å². The number of amides is 1. The minimum atomic E-state index is 0.162. The zero-order valence-electron chi connectivity index (χ0n) is 12.4. The fourth-order valence-corrected chi connectivity index (χ4v) is 3.73. The van der Waals surface area contributed by atoms with Crippen LogP contribution in [-0.2, 0) is 0 Å². The molecule has 0 aromatic carbocycles. The van der Waals surface area contributed by atoms with E-state index in [2.05, 4.69) is 18.9 Å². The van der Waals surface area contributed by atoms with E-state index in [0.29, 0.717) is 11.9 Å². The Labute approximate surface area is 128 Å². The maximum absolute atomic E-state index is 12.5. The molecule has 21 heavy (non-hydrogen) atoms. The van der Waals surface area contributed by atoms with Gasteiger partial charge < -0.3 is 10.6 Å². The van der Waals surface area contributed by atoms with E-state index in [9.17, 15) is 4.79 Å². The van der Waals surface area contributed by atoms with Crippen molar-refractivity contribution in [2.75, 3.05) is 18.8 Å². The van der Waals surface area contributed by atoms with Crippen LogP contribution in [0.4, 0.5) is 5.82 Å². The number of nitrogens with two attached hydrogens (primary N) is 1. The van der Waals surface area contributed by atoms with Crippen molar-refractivity contribution in [3.05, 3.63) is 33.6 Å². The van der Waals surface area contributed by atoms with E-state index >= 15 is 0 Å². The summed E-state index contributed by atoms with van der Waals surface area (Å²) in [5.41, 5.74) is 6.86. The Hall–Kier alpha value is -1.82. The molecule has 0 radical (unpaired) electrons. The molecule has 2 N–H and O–H groups in total. The zero-order chi connectivity index (χ0) is 15.0. The molecule has 1 aliphatic heterocycles. The predicted molar refractivity (Wildman–Crippen MR) is 84.6 cm³/mol. The Bertz CT molecular complexity index is 633.